The van der Waals surface area contributed by atoms with E-state index in [0.29, 0.717) is 3.79 Å². The Hall–Kier alpha value is -1.06. The summed E-state index contributed by atoms with van der Waals surface area (Å²) in [6.07, 6.45) is 0. The van der Waals surface area contributed by atoms with Gasteiger partial charge in [0.25, 0.3) is 10.0 Å². The molecule has 0 unspecified atom stereocenters. The van der Waals surface area contributed by atoms with Gasteiger partial charge in [-0.25, -0.2) is 8.42 Å². The number of anilines is 1. The first-order valence-corrected chi connectivity index (χ1v) is 7.99. The maximum atomic E-state index is 13.3. The van der Waals surface area contributed by atoms with Gasteiger partial charge in [-0.05, 0) is 46.6 Å². The molecule has 2 aromatic rings. The predicted octanol–water partition coefficient (Wildman–Crippen LogP) is 3.29. The minimum absolute atomic E-state index is 0.0283. The first-order chi connectivity index (χ1) is 8.79. The first kappa shape index (κ1) is 14.4. The quantitative estimate of drug-likeness (QED) is 0.845. The van der Waals surface area contributed by atoms with Crippen LogP contribution in [0.1, 0.15) is 5.56 Å². The van der Waals surface area contributed by atoms with Crippen LogP contribution in [-0.4, -0.2) is 13.4 Å². The van der Waals surface area contributed by atoms with Crippen LogP contribution in [0.3, 0.4) is 0 Å². The number of rotatable bonds is 3. The molecular formula is C10H7BrF2N2O2S2. The molecule has 0 aliphatic heterocycles. The third-order valence-electron chi connectivity index (χ3n) is 2.16. The highest BCUT2D eigenvalue weighted by Crippen LogP contribution is 2.31. The van der Waals surface area contributed by atoms with Gasteiger partial charge in [0.1, 0.15) is 9.90 Å². The Labute approximate surface area is 120 Å². The molecule has 0 spiro atoms. The third kappa shape index (κ3) is 3.10. The fourth-order valence-corrected chi connectivity index (χ4v) is 4.53. The van der Waals surface area contributed by atoms with E-state index in [1.165, 1.54) is 6.07 Å². The van der Waals surface area contributed by atoms with E-state index < -0.39 is 27.6 Å². The molecule has 19 heavy (non-hydrogen) atoms. The Morgan fingerprint density at radius 1 is 1.37 bits per heavy atom. The Balaban J connectivity index is 2.36. The lowest BCUT2D eigenvalue weighted by molar-refractivity contribution is 0.515. The molecular weight excluding hydrogens is 362 g/mol. The highest BCUT2D eigenvalue weighted by molar-refractivity contribution is 9.11. The Kier molecular flexibility index (Phi) is 3.88. The Morgan fingerprint density at radius 3 is 2.58 bits per heavy atom. The number of hydrogen-bond donors (Lipinski definition) is 1. The minimum Gasteiger partial charge on any atom is -0.274 e. The monoisotopic (exact) mass is 368 g/mol. The molecule has 9 heteroatoms. The number of pyridine rings is 1. The molecule has 0 aliphatic carbocycles. The summed E-state index contributed by atoms with van der Waals surface area (Å²) in [4.78, 5) is 2.91. The van der Waals surface area contributed by atoms with E-state index in [2.05, 4.69) is 20.9 Å². The van der Waals surface area contributed by atoms with E-state index >= 15 is 0 Å². The number of aryl methyl sites for hydroxylation is 1. The van der Waals surface area contributed by atoms with Crippen molar-refractivity contribution in [3.05, 3.63) is 39.4 Å². The Bertz CT molecular complexity index is 712. The average Bonchev–Trinajstić information content (AvgIpc) is 2.64. The van der Waals surface area contributed by atoms with Gasteiger partial charge in [-0.15, -0.1) is 11.3 Å². The number of nitrogens with one attached hydrogen (secondary N) is 1. The van der Waals surface area contributed by atoms with E-state index in [0.717, 1.165) is 29.0 Å². The van der Waals surface area contributed by atoms with E-state index in [1.807, 2.05) is 4.72 Å². The summed E-state index contributed by atoms with van der Waals surface area (Å²) < 4.78 is 52.6. The SMILES string of the molecule is Cc1cc(S(=O)(=O)Nc2ccc(F)nc2F)sc1Br. The van der Waals surface area contributed by atoms with Gasteiger partial charge in [0.15, 0.2) is 0 Å². The summed E-state index contributed by atoms with van der Waals surface area (Å²) in [5.74, 6) is -2.23. The molecule has 0 amide bonds. The highest BCUT2D eigenvalue weighted by Gasteiger charge is 2.20. The zero-order valence-electron chi connectivity index (χ0n) is 9.45. The standard InChI is InChI=1S/C10H7BrF2N2O2S2/c1-5-4-8(18-9(5)11)19(16,17)15-6-2-3-7(12)14-10(6)13/h2-4,15H,1H3. The van der Waals surface area contributed by atoms with Crippen LogP contribution in [0.5, 0.6) is 0 Å². The van der Waals surface area contributed by atoms with Crippen molar-refractivity contribution in [2.75, 3.05) is 4.72 Å². The molecule has 1 N–H and O–H groups in total. The molecule has 0 fully saturated rings. The van der Waals surface area contributed by atoms with E-state index in [9.17, 15) is 17.2 Å². The summed E-state index contributed by atoms with van der Waals surface area (Å²) in [7, 11) is -3.91. The van der Waals surface area contributed by atoms with Crippen LogP contribution in [0.4, 0.5) is 14.5 Å². The second kappa shape index (κ2) is 5.14. The highest BCUT2D eigenvalue weighted by atomic mass is 79.9. The van der Waals surface area contributed by atoms with Crippen molar-refractivity contribution < 1.29 is 17.2 Å². The number of sulfonamides is 1. The van der Waals surface area contributed by atoms with Crippen molar-refractivity contribution in [3.63, 3.8) is 0 Å². The average molecular weight is 369 g/mol. The second-order valence-electron chi connectivity index (χ2n) is 3.60. The zero-order chi connectivity index (χ0) is 14.2. The van der Waals surface area contributed by atoms with Gasteiger partial charge in [0, 0.05) is 0 Å². The lowest BCUT2D eigenvalue weighted by atomic mass is 10.4. The van der Waals surface area contributed by atoms with Gasteiger partial charge in [0.05, 0.1) is 3.79 Å². The fourth-order valence-electron chi connectivity index (χ4n) is 1.25. The van der Waals surface area contributed by atoms with Gasteiger partial charge < -0.3 is 0 Å². The van der Waals surface area contributed by atoms with Crippen LogP contribution in [0.15, 0.2) is 26.2 Å². The minimum atomic E-state index is -3.91. The number of nitrogens with zero attached hydrogens (tertiary/aromatic N) is 1. The molecule has 0 aromatic carbocycles. The molecule has 0 aliphatic rings. The zero-order valence-corrected chi connectivity index (χ0v) is 12.7. The maximum absolute atomic E-state index is 13.3. The summed E-state index contributed by atoms with van der Waals surface area (Å²) in [5.41, 5.74) is 0.353. The van der Waals surface area contributed by atoms with Crippen molar-refractivity contribution in [2.24, 2.45) is 0 Å². The lowest BCUT2D eigenvalue weighted by Crippen LogP contribution is -2.13. The van der Waals surface area contributed by atoms with Crippen molar-refractivity contribution in [2.45, 2.75) is 11.1 Å². The van der Waals surface area contributed by atoms with E-state index in [4.69, 9.17) is 0 Å². The smallest absolute Gasteiger partial charge is 0.271 e. The molecule has 0 saturated carbocycles. The van der Waals surface area contributed by atoms with E-state index in [-0.39, 0.29) is 4.21 Å². The summed E-state index contributed by atoms with van der Waals surface area (Å²) in [6.45, 7) is 1.74. The van der Waals surface area contributed by atoms with Gasteiger partial charge in [-0.3, -0.25) is 4.72 Å². The van der Waals surface area contributed by atoms with Gasteiger partial charge in [-0.1, -0.05) is 0 Å². The first-order valence-electron chi connectivity index (χ1n) is 4.90. The molecule has 102 valence electrons. The van der Waals surface area contributed by atoms with Crippen LogP contribution < -0.4 is 4.72 Å². The van der Waals surface area contributed by atoms with Crippen LogP contribution in [-0.2, 0) is 10.0 Å². The van der Waals surface area contributed by atoms with Crippen LogP contribution in [0.2, 0.25) is 0 Å². The van der Waals surface area contributed by atoms with Gasteiger partial charge in [0.2, 0.25) is 11.9 Å². The number of hydrogen-bond acceptors (Lipinski definition) is 4. The summed E-state index contributed by atoms with van der Waals surface area (Å²) in [5, 5.41) is 0. The predicted molar refractivity (Wildman–Crippen MR) is 71.7 cm³/mol. The van der Waals surface area contributed by atoms with Crippen molar-refractivity contribution in [3.8, 4) is 0 Å². The topological polar surface area (TPSA) is 59.1 Å². The largest absolute Gasteiger partial charge is 0.274 e. The molecule has 2 heterocycles. The normalized spacial score (nSPS) is 11.6. The number of halogens is 3. The second-order valence-corrected chi connectivity index (χ2v) is 7.88. The molecule has 0 radical (unpaired) electrons. The maximum Gasteiger partial charge on any atom is 0.271 e. The molecule has 0 bridgehead atoms. The molecule has 0 atom stereocenters. The van der Waals surface area contributed by atoms with Crippen LogP contribution in [0, 0.1) is 18.8 Å². The Morgan fingerprint density at radius 2 is 2.05 bits per heavy atom. The molecule has 0 saturated heterocycles. The molecule has 2 aromatic heterocycles. The third-order valence-corrected chi connectivity index (χ3v) is 6.13. The fraction of sp³-hybridized carbons (Fsp3) is 0.100. The summed E-state index contributed by atoms with van der Waals surface area (Å²) >= 11 is 4.21. The van der Waals surface area contributed by atoms with Crippen molar-refractivity contribution in [1.82, 2.24) is 4.98 Å². The number of thiophene rings is 1. The number of aromatic nitrogens is 1. The molecule has 4 nitrogen and oxygen atoms in total. The molecule has 2 rings (SSSR count). The van der Waals surface area contributed by atoms with Crippen LogP contribution in [0.25, 0.3) is 0 Å². The lowest BCUT2D eigenvalue weighted by Gasteiger charge is -2.06. The van der Waals surface area contributed by atoms with Crippen LogP contribution >= 0.6 is 27.3 Å². The van der Waals surface area contributed by atoms with Gasteiger partial charge in [-0.2, -0.15) is 13.8 Å². The van der Waals surface area contributed by atoms with Crippen molar-refractivity contribution >= 4 is 43.0 Å². The summed E-state index contributed by atoms with van der Waals surface area (Å²) in [6, 6.07) is 3.30. The van der Waals surface area contributed by atoms with Crippen molar-refractivity contribution in [1.29, 1.82) is 0 Å². The van der Waals surface area contributed by atoms with Gasteiger partial charge >= 0.3 is 0 Å². The van der Waals surface area contributed by atoms with E-state index in [1.54, 1.807) is 6.92 Å².